The molecule has 3 amide bonds. The van der Waals surface area contributed by atoms with Gasteiger partial charge in [0.1, 0.15) is 11.9 Å². The van der Waals surface area contributed by atoms with Crippen LogP contribution in [0.2, 0.25) is 0 Å². The Labute approximate surface area is 136 Å². The number of carbonyl (C=O) groups excluding carboxylic acids is 3. The fourth-order valence-electron chi connectivity index (χ4n) is 2.93. The van der Waals surface area contributed by atoms with Gasteiger partial charge in [-0.3, -0.25) is 25.2 Å². The van der Waals surface area contributed by atoms with Crippen LogP contribution in [0.1, 0.15) is 30.1 Å². The van der Waals surface area contributed by atoms with Crippen LogP contribution < -0.4 is 10.9 Å². The second kappa shape index (κ2) is 5.84. The third-order valence-electron chi connectivity index (χ3n) is 4.17. The highest BCUT2D eigenvalue weighted by atomic mass is 32.2. The zero-order valence-corrected chi connectivity index (χ0v) is 13.3. The summed E-state index contributed by atoms with van der Waals surface area (Å²) < 4.78 is 13.5. The van der Waals surface area contributed by atoms with E-state index in [1.54, 1.807) is 16.7 Å². The maximum absolute atomic E-state index is 13.5. The van der Waals surface area contributed by atoms with Crippen molar-refractivity contribution in [2.24, 2.45) is 0 Å². The average Bonchev–Trinajstić information content (AvgIpc) is 3.02. The zero-order valence-electron chi connectivity index (χ0n) is 12.5. The van der Waals surface area contributed by atoms with Crippen LogP contribution >= 0.6 is 11.8 Å². The maximum atomic E-state index is 13.5. The summed E-state index contributed by atoms with van der Waals surface area (Å²) in [5, 5.41) is 0. The van der Waals surface area contributed by atoms with Crippen LogP contribution in [0, 0.1) is 5.82 Å². The molecule has 23 heavy (non-hydrogen) atoms. The SMILES string of the molecule is C[C@@]12CCC(=O)N1[C@@H](C(=O)NNC(=O)c1ccccc1F)CS2. The smallest absolute Gasteiger partial charge is 0.272 e. The van der Waals surface area contributed by atoms with E-state index in [-0.39, 0.29) is 16.3 Å². The molecular formula is C15H16FN3O3S. The van der Waals surface area contributed by atoms with Crippen molar-refractivity contribution in [2.45, 2.75) is 30.7 Å². The van der Waals surface area contributed by atoms with Gasteiger partial charge in [0.25, 0.3) is 11.8 Å². The van der Waals surface area contributed by atoms with E-state index in [0.29, 0.717) is 18.6 Å². The number of hydrogen-bond donors (Lipinski definition) is 2. The summed E-state index contributed by atoms with van der Waals surface area (Å²) in [6, 6.07) is 4.87. The van der Waals surface area contributed by atoms with Crippen molar-refractivity contribution in [3.05, 3.63) is 35.6 Å². The summed E-state index contributed by atoms with van der Waals surface area (Å²) in [5.41, 5.74) is 4.33. The predicted octanol–water partition coefficient (Wildman–Crippen LogP) is 1.04. The standard InChI is InChI=1S/C15H16FN3O3S/c1-15-7-6-12(20)19(15)11(8-23-15)14(22)18-17-13(21)9-4-2-3-5-10(9)16/h2-5,11H,6-8H2,1H3,(H,17,21)(H,18,22)/t11-,15-/m1/s1. The number of rotatable bonds is 2. The van der Waals surface area contributed by atoms with Gasteiger partial charge in [0.05, 0.1) is 10.4 Å². The predicted molar refractivity (Wildman–Crippen MR) is 82.7 cm³/mol. The molecule has 6 nitrogen and oxygen atoms in total. The van der Waals surface area contributed by atoms with Crippen molar-refractivity contribution in [3.63, 3.8) is 0 Å². The summed E-state index contributed by atoms with van der Waals surface area (Å²) in [4.78, 5) is 37.4. The van der Waals surface area contributed by atoms with Crippen LogP contribution in [-0.2, 0) is 9.59 Å². The van der Waals surface area contributed by atoms with Gasteiger partial charge in [-0.05, 0) is 25.5 Å². The minimum Gasteiger partial charge on any atom is -0.315 e. The Hall–Kier alpha value is -2.09. The van der Waals surface area contributed by atoms with Crippen molar-refractivity contribution >= 4 is 29.5 Å². The van der Waals surface area contributed by atoms with Crippen molar-refractivity contribution in [1.29, 1.82) is 0 Å². The van der Waals surface area contributed by atoms with E-state index in [4.69, 9.17) is 0 Å². The molecule has 2 saturated heterocycles. The Kier molecular flexibility index (Phi) is 4.01. The molecule has 0 unspecified atom stereocenters. The number of carbonyl (C=O) groups is 3. The second-order valence-corrected chi connectivity index (χ2v) is 7.19. The molecule has 2 heterocycles. The van der Waals surface area contributed by atoms with Gasteiger partial charge in [0.2, 0.25) is 5.91 Å². The van der Waals surface area contributed by atoms with E-state index in [1.165, 1.54) is 24.3 Å². The monoisotopic (exact) mass is 337 g/mol. The molecule has 8 heteroatoms. The Morgan fingerprint density at radius 1 is 1.35 bits per heavy atom. The fraction of sp³-hybridized carbons (Fsp3) is 0.400. The van der Waals surface area contributed by atoms with E-state index in [9.17, 15) is 18.8 Å². The van der Waals surface area contributed by atoms with Gasteiger partial charge in [-0.2, -0.15) is 0 Å². The van der Waals surface area contributed by atoms with E-state index in [0.717, 1.165) is 0 Å². The van der Waals surface area contributed by atoms with Crippen molar-refractivity contribution in [3.8, 4) is 0 Å². The normalized spacial score (nSPS) is 26.1. The van der Waals surface area contributed by atoms with E-state index >= 15 is 0 Å². The minimum atomic E-state index is -0.738. The average molecular weight is 337 g/mol. The zero-order chi connectivity index (χ0) is 16.6. The number of nitrogens with one attached hydrogen (secondary N) is 2. The van der Waals surface area contributed by atoms with E-state index < -0.39 is 23.7 Å². The van der Waals surface area contributed by atoms with Gasteiger partial charge in [-0.1, -0.05) is 12.1 Å². The molecule has 2 aliphatic heterocycles. The van der Waals surface area contributed by atoms with Crippen LogP contribution in [0.25, 0.3) is 0 Å². The first-order valence-corrected chi connectivity index (χ1v) is 8.22. The molecule has 0 radical (unpaired) electrons. The number of amides is 3. The van der Waals surface area contributed by atoms with Crippen molar-refractivity contribution < 1.29 is 18.8 Å². The molecule has 0 spiro atoms. The van der Waals surface area contributed by atoms with Gasteiger partial charge in [-0.25, -0.2) is 4.39 Å². The summed E-state index contributed by atoms with van der Waals surface area (Å²) in [5.74, 6) is -1.46. The molecule has 2 fully saturated rings. The van der Waals surface area contributed by atoms with Crippen LogP contribution in [0.15, 0.2) is 24.3 Å². The van der Waals surface area contributed by atoms with Crippen LogP contribution in [0.3, 0.4) is 0 Å². The highest BCUT2D eigenvalue weighted by Gasteiger charge is 2.52. The minimum absolute atomic E-state index is 0.0573. The highest BCUT2D eigenvalue weighted by Crippen LogP contribution is 2.47. The fourth-order valence-corrected chi connectivity index (χ4v) is 4.36. The van der Waals surface area contributed by atoms with Gasteiger partial charge >= 0.3 is 0 Å². The summed E-state index contributed by atoms with van der Waals surface area (Å²) in [7, 11) is 0. The Bertz CT molecular complexity index is 684. The lowest BCUT2D eigenvalue weighted by atomic mass is 10.2. The molecule has 0 aromatic heterocycles. The number of thioether (sulfide) groups is 1. The molecule has 0 aliphatic carbocycles. The third kappa shape index (κ3) is 2.78. The van der Waals surface area contributed by atoms with Crippen molar-refractivity contribution in [2.75, 3.05) is 5.75 Å². The first-order valence-electron chi connectivity index (χ1n) is 7.23. The topological polar surface area (TPSA) is 78.5 Å². The van der Waals surface area contributed by atoms with Crippen LogP contribution in [0.4, 0.5) is 4.39 Å². The molecule has 1 aromatic rings. The molecule has 0 saturated carbocycles. The number of hydrogen-bond acceptors (Lipinski definition) is 4. The first kappa shape index (κ1) is 15.8. The molecule has 2 aliphatic rings. The number of halogens is 1. The van der Waals surface area contributed by atoms with Gasteiger partial charge in [-0.15, -0.1) is 11.8 Å². The Morgan fingerprint density at radius 2 is 2.09 bits per heavy atom. The summed E-state index contributed by atoms with van der Waals surface area (Å²) >= 11 is 1.56. The van der Waals surface area contributed by atoms with Gasteiger partial charge in [0.15, 0.2) is 0 Å². The van der Waals surface area contributed by atoms with Crippen LogP contribution in [-0.4, -0.2) is 39.3 Å². The molecule has 2 N–H and O–H groups in total. The second-order valence-electron chi connectivity index (χ2n) is 5.69. The Balaban J connectivity index is 1.63. The lowest BCUT2D eigenvalue weighted by Gasteiger charge is -2.29. The number of nitrogens with zero attached hydrogens (tertiary/aromatic N) is 1. The molecule has 0 bridgehead atoms. The molecular weight excluding hydrogens is 321 g/mol. The molecule has 2 atom stereocenters. The van der Waals surface area contributed by atoms with Gasteiger partial charge in [0, 0.05) is 12.2 Å². The quantitative estimate of drug-likeness (QED) is 0.791. The van der Waals surface area contributed by atoms with Gasteiger partial charge < -0.3 is 4.90 Å². The largest absolute Gasteiger partial charge is 0.315 e. The first-order chi connectivity index (χ1) is 10.9. The molecule has 1 aromatic carbocycles. The molecule has 3 rings (SSSR count). The number of hydrazine groups is 1. The van der Waals surface area contributed by atoms with Crippen LogP contribution in [0.5, 0.6) is 0 Å². The van der Waals surface area contributed by atoms with E-state index in [1.807, 2.05) is 6.92 Å². The Morgan fingerprint density at radius 3 is 2.83 bits per heavy atom. The third-order valence-corrected chi connectivity index (χ3v) is 5.67. The maximum Gasteiger partial charge on any atom is 0.272 e. The summed E-state index contributed by atoms with van der Waals surface area (Å²) in [6.45, 7) is 1.94. The lowest BCUT2D eigenvalue weighted by molar-refractivity contribution is -0.138. The lowest BCUT2D eigenvalue weighted by Crippen LogP contribution is -2.54. The summed E-state index contributed by atoms with van der Waals surface area (Å²) in [6.07, 6.45) is 1.14. The number of benzene rings is 1. The highest BCUT2D eigenvalue weighted by molar-refractivity contribution is 8.01. The van der Waals surface area contributed by atoms with E-state index in [2.05, 4.69) is 10.9 Å². The molecule has 122 valence electrons. The number of fused-ring (bicyclic) bond motifs is 1. The van der Waals surface area contributed by atoms with Crippen molar-refractivity contribution in [1.82, 2.24) is 15.8 Å².